The Hall–Kier alpha value is -12.6. The van der Waals surface area contributed by atoms with Gasteiger partial charge in [-0.3, -0.25) is 0 Å². The van der Waals surface area contributed by atoms with Crippen LogP contribution in [-0.4, -0.2) is 28.2 Å². The van der Waals surface area contributed by atoms with E-state index in [1.807, 2.05) is 0 Å². The van der Waals surface area contributed by atoms with Crippen LogP contribution >= 0.6 is 0 Å². The number of pyridine rings is 2. The molecule has 0 fully saturated rings. The van der Waals surface area contributed by atoms with Crippen LogP contribution in [-0.2, 0) is 0 Å². The standard InChI is InChI=1S/C92H64N6/c1-57-41-45-83-71(49-57)72-50-58(2)42-46-84(72)97(83)91-87(65-53-75(61-25-9-5-10-26-61)93-76(54-65)62-27-11-6-12-28-62)90(96-81-39-23-19-35-69(81)70-36-20-24-40-82(70)96)92(98-85-47-43-59(3)51-73(85)74-52-60(4)44-48-86(74)98)88(89(91)95-79-37-21-17-33-67(79)68-34-18-22-38-80(68)95)66-55-77(63-29-13-7-14-30-63)94-78(56-66)64-31-15-8-16-32-64/h5-56H,1-4H3. The molecule has 0 bridgehead atoms. The Kier molecular flexibility index (Phi) is 13.1. The van der Waals surface area contributed by atoms with Gasteiger partial charge in [-0.1, -0.05) is 241 Å². The second kappa shape index (κ2) is 22.5. The second-order valence-corrected chi connectivity index (χ2v) is 26.4. The van der Waals surface area contributed by atoms with Crippen LogP contribution in [0.4, 0.5) is 0 Å². The molecule has 0 N–H and O–H groups in total. The highest BCUT2D eigenvalue weighted by molar-refractivity contribution is 6.19. The molecular formula is C92H64N6. The molecule has 6 heteroatoms. The molecule has 462 valence electrons. The zero-order chi connectivity index (χ0) is 65.3. The third-order valence-corrected chi connectivity index (χ3v) is 20.1. The summed E-state index contributed by atoms with van der Waals surface area (Å²) >= 11 is 0. The van der Waals surface area contributed by atoms with E-state index in [4.69, 9.17) is 9.97 Å². The van der Waals surface area contributed by atoms with E-state index in [1.165, 1.54) is 43.8 Å². The molecule has 0 spiro atoms. The number of fused-ring (bicyclic) bond motifs is 12. The first-order valence-corrected chi connectivity index (χ1v) is 33.8. The molecule has 19 rings (SSSR count). The molecule has 0 aliphatic carbocycles. The van der Waals surface area contributed by atoms with Crippen LogP contribution in [0, 0.1) is 27.7 Å². The highest BCUT2D eigenvalue weighted by Crippen LogP contribution is 2.56. The minimum Gasteiger partial charge on any atom is -0.306 e. The van der Waals surface area contributed by atoms with Gasteiger partial charge in [-0.15, -0.1) is 0 Å². The first kappa shape index (κ1) is 56.9. The number of benzene rings is 13. The van der Waals surface area contributed by atoms with E-state index in [1.54, 1.807) is 0 Å². The van der Waals surface area contributed by atoms with Crippen molar-refractivity contribution in [3.05, 3.63) is 338 Å². The maximum Gasteiger partial charge on any atom is 0.0811 e. The summed E-state index contributed by atoms with van der Waals surface area (Å²) in [5.74, 6) is 0. The van der Waals surface area contributed by atoms with Crippen molar-refractivity contribution in [2.24, 2.45) is 0 Å². The van der Waals surface area contributed by atoms with Crippen molar-refractivity contribution in [1.82, 2.24) is 28.2 Å². The number of para-hydroxylation sites is 4. The van der Waals surface area contributed by atoms with E-state index >= 15 is 0 Å². The van der Waals surface area contributed by atoms with Gasteiger partial charge in [0.2, 0.25) is 0 Å². The Morgan fingerprint density at radius 3 is 0.622 bits per heavy atom. The molecule has 0 radical (unpaired) electrons. The highest BCUT2D eigenvalue weighted by atomic mass is 15.1. The normalized spacial score (nSPS) is 11.9. The number of nitrogens with zero attached hydrogens (tertiary/aromatic N) is 6. The van der Waals surface area contributed by atoms with Crippen molar-refractivity contribution in [2.75, 3.05) is 0 Å². The minimum absolute atomic E-state index is 0.857. The number of aryl methyl sites for hydroxylation is 4. The van der Waals surface area contributed by atoms with E-state index < -0.39 is 0 Å². The zero-order valence-electron chi connectivity index (χ0n) is 54.7. The quantitative estimate of drug-likeness (QED) is 0.137. The van der Waals surface area contributed by atoms with Gasteiger partial charge in [0.15, 0.2) is 0 Å². The van der Waals surface area contributed by atoms with Gasteiger partial charge in [0, 0.05) is 76.5 Å². The van der Waals surface area contributed by atoms with Crippen molar-refractivity contribution >= 4 is 87.2 Å². The average molecular weight is 1250 g/mol. The van der Waals surface area contributed by atoms with Crippen LogP contribution in [0.1, 0.15) is 22.3 Å². The van der Waals surface area contributed by atoms with Gasteiger partial charge in [0.25, 0.3) is 0 Å². The lowest BCUT2D eigenvalue weighted by Crippen LogP contribution is -2.16. The van der Waals surface area contributed by atoms with E-state index in [-0.39, 0.29) is 0 Å². The van der Waals surface area contributed by atoms with Crippen LogP contribution in [0.3, 0.4) is 0 Å². The fourth-order valence-electron chi connectivity index (χ4n) is 15.8. The Labute approximate surface area is 567 Å². The summed E-state index contributed by atoms with van der Waals surface area (Å²) in [5, 5.41) is 9.29. The van der Waals surface area contributed by atoms with Crippen molar-refractivity contribution in [2.45, 2.75) is 27.7 Å². The maximum atomic E-state index is 5.74. The molecule has 0 aliphatic rings. The van der Waals surface area contributed by atoms with Gasteiger partial charge in [-0.25, -0.2) is 9.97 Å². The fourth-order valence-corrected chi connectivity index (χ4v) is 15.8. The smallest absolute Gasteiger partial charge is 0.0811 e. The molecule has 0 saturated carbocycles. The van der Waals surface area contributed by atoms with Crippen LogP contribution < -0.4 is 0 Å². The highest BCUT2D eigenvalue weighted by Gasteiger charge is 2.36. The fraction of sp³-hybridized carbons (Fsp3) is 0.0435. The van der Waals surface area contributed by atoms with Crippen molar-refractivity contribution < 1.29 is 0 Å². The van der Waals surface area contributed by atoms with Gasteiger partial charge >= 0.3 is 0 Å². The summed E-state index contributed by atoms with van der Waals surface area (Å²) in [6.45, 7) is 8.89. The number of rotatable bonds is 10. The molecule has 6 nitrogen and oxygen atoms in total. The van der Waals surface area contributed by atoms with Crippen LogP contribution in [0.25, 0.3) is 177 Å². The predicted molar refractivity (Wildman–Crippen MR) is 411 cm³/mol. The molecular weight excluding hydrogens is 1190 g/mol. The lowest BCUT2D eigenvalue weighted by atomic mass is 9.88. The van der Waals surface area contributed by atoms with E-state index in [9.17, 15) is 0 Å². The number of hydrogen-bond donors (Lipinski definition) is 0. The van der Waals surface area contributed by atoms with Crippen molar-refractivity contribution in [1.29, 1.82) is 0 Å². The summed E-state index contributed by atoms with van der Waals surface area (Å²) in [4.78, 5) is 11.5. The molecule has 0 aliphatic heterocycles. The number of hydrogen-bond acceptors (Lipinski definition) is 2. The first-order chi connectivity index (χ1) is 48.3. The molecule has 6 aromatic heterocycles. The maximum absolute atomic E-state index is 5.74. The van der Waals surface area contributed by atoms with Crippen LogP contribution in [0.15, 0.2) is 315 Å². The van der Waals surface area contributed by atoms with E-state index in [0.717, 1.165) is 156 Å². The summed E-state index contributed by atoms with van der Waals surface area (Å²) < 4.78 is 10.5. The van der Waals surface area contributed by atoms with E-state index in [0.29, 0.717) is 0 Å². The minimum atomic E-state index is 0.857. The lowest BCUT2D eigenvalue weighted by Gasteiger charge is -2.32. The average Bonchev–Trinajstić information content (AvgIpc) is 1.20. The molecule has 19 aromatic rings. The first-order valence-electron chi connectivity index (χ1n) is 33.8. The summed E-state index contributed by atoms with van der Waals surface area (Å²) in [7, 11) is 0. The molecule has 0 atom stereocenters. The Bertz CT molecular complexity index is 5710. The van der Waals surface area contributed by atoms with E-state index in [2.05, 4.69) is 361 Å². The Morgan fingerprint density at radius 2 is 0.388 bits per heavy atom. The third-order valence-electron chi connectivity index (χ3n) is 20.1. The lowest BCUT2D eigenvalue weighted by molar-refractivity contribution is 1.05. The molecule has 0 amide bonds. The van der Waals surface area contributed by atoms with Crippen LogP contribution in [0.5, 0.6) is 0 Å². The van der Waals surface area contributed by atoms with Gasteiger partial charge in [0.1, 0.15) is 0 Å². The molecule has 6 heterocycles. The largest absolute Gasteiger partial charge is 0.306 e. The van der Waals surface area contributed by atoms with Crippen LogP contribution in [0.2, 0.25) is 0 Å². The SMILES string of the molecule is Cc1ccc2c(c1)c1cc(C)ccc1n2-c1c(-c2cc(-c3ccccc3)nc(-c3ccccc3)c2)c(-n2c3ccccc3c3ccccc32)c(-n2c3ccc(C)cc3c3cc(C)ccc32)c(-c2cc(-c3ccccc3)nc(-c3ccccc3)c2)c1-n1c2ccccc2c2ccccc21. The zero-order valence-corrected chi connectivity index (χ0v) is 54.7. The van der Waals surface area contributed by atoms with Gasteiger partial charge in [0.05, 0.1) is 89.7 Å². The molecule has 13 aromatic carbocycles. The van der Waals surface area contributed by atoms with Crippen molar-refractivity contribution in [3.63, 3.8) is 0 Å². The van der Waals surface area contributed by atoms with Gasteiger partial charge < -0.3 is 18.3 Å². The summed E-state index contributed by atoms with van der Waals surface area (Å²) in [6.07, 6.45) is 0. The third kappa shape index (κ3) is 8.95. The summed E-state index contributed by atoms with van der Waals surface area (Å²) in [6, 6.07) is 117. The topological polar surface area (TPSA) is 45.5 Å². The van der Waals surface area contributed by atoms with Gasteiger partial charge in [-0.2, -0.15) is 0 Å². The molecule has 0 unspecified atom stereocenters. The van der Waals surface area contributed by atoms with Gasteiger partial charge in [-0.05, 0) is 136 Å². The Balaban J connectivity index is 1.20. The van der Waals surface area contributed by atoms with Crippen molar-refractivity contribution in [3.8, 4) is 90.0 Å². The monoisotopic (exact) mass is 1250 g/mol. The molecule has 98 heavy (non-hydrogen) atoms. The second-order valence-electron chi connectivity index (χ2n) is 26.4. The molecule has 0 saturated heterocycles. The summed E-state index contributed by atoms with van der Waals surface area (Å²) in [5.41, 5.74) is 28.9. The number of aromatic nitrogens is 6. The Morgan fingerprint density at radius 1 is 0.184 bits per heavy atom. The predicted octanol–water partition coefficient (Wildman–Crippen LogP) is 24.1.